The Morgan fingerprint density at radius 3 is 2.57 bits per heavy atom. The second-order valence-corrected chi connectivity index (χ2v) is 11.6. The van der Waals surface area contributed by atoms with E-state index < -0.39 is 11.5 Å². The first-order chi connectivity index (χ1) is 13.9. The number of aliphatic hydroxyl groups excluding tert-OH is 1. The van der Waals surface area contributed by atoms with Crippen LogP contribution in [0.2, 0.25) is 0 Å². The van der Waals surface area contributed by atoms with Crippen molar-refractivity contribution in [1.29, 1.82) is 0 Å². The van der Waals surface area contributed by atoms with Gasteiger partial charge in [0.2, 0.25) is 0 Å². The molecule has 0 aromatic heterocycles. The molecule has 1 saturated carbocycles. The van der Waals surface area contributed by atoms with E-state index in [4.69, 9.17) is 4.74 Å². The van der Waals surface area contributed by atoms with Crippen LogP contribution in [0.1, 0.15) is 76.0 Å². The average molecular weight is 417 g/mol. The molecule has 0 aliphatic heterocycles. The molecule has 168 valence electrons. The minimum atomic E-state index is -0.630. The normalized spacial score (nSPS) is 29.8. The van der Waals surface area contributed by atoms with Gasteiger partial charge < -0.3 is 14.3 Å². The summed E-state index contributed by atoms with van der Waals surface area (Å²) in [6, 6.07) is 7.01. The first kappa shape index (κ1) is 23.3. The number of ether oxygens (including phenoxy) is 1. The lowest BCUT2D eigenvalue weighted by Gasteiger charge is -2.54. The van der Waals surface area contributed by atoms with Crippen molar-refractivity contribution in [3.05, 3.63) is 34.9 Å². The van der Waals surface area contributed by atoms with Crippen molar-refractivity contribution in [2.45, 2.75) is 77.2 Å². The van der Waals surface area contributed by atoms with Crippen LogP contribution in [0.25, 0.3) is 0 Å². The van der Waals surface area contributed by atoms with Gasteiger partial charge in [0.15, 0.2) is 0 Å². The van der Waals surface area contributed by atoms with Gasteiger partial charge in [-0.05, 0) is 66.5 Å². The Kier molecular flexibility index (Phi) is 6.42. The Morgan fingerprint density at radius 2 is 1.93 bits per heavy atom. The summed E-state index contributed by atoms with van der Waals surface area (Å²) in [6.07, 6.45) is 4.46. The zero-order valence-electron chi connectivity index (χ0n) is 20.1. The number of rotatable bonds is 6. The van der Waals surface area contributed by atoms with Crippen LogP contribution in [-0.4, -0.2) is 56.0 Å². The molecule has 1 N–H and O–H groups in total. The fourth-order valence-electron chi connectivity index (χ4n) is 6.14. The van der Waals surface area contributed by atoms with Gasteiger partial charge in [0.05, 0.1) is 26.6 Å². The van der Waals surface area contributed by atoms with Gasteiger partial charge >= 0.3 is 5.97 Å². The summed E-state index contributed by atoms with van der Waals surface area (Å²) in [4.78, 5) is 13.3. The van der Waals surface area contributed by atoms with E-state index in [0.717, 1.165) is 32.1 Å². The van der Waals surface area contributed by atoms with E-state index in [1.807, 2.05) is 21.1 Å². The van der Waals surface area contributed by atoms with Gasteiger partial charge in [0.25, 0.3) is 0 Å². The van der Waals surface area contributed by atoms with Crippen molar-refractivity contribution in [1.82, 2.24) is 0 Å². The van der Waals surface area contributed by atoms with E-state index >= 15 is 0 Å². The quantitative estimate of drug-likeness (QED) is 0.551. The van der Waals surface area contributed by atoms with Gasteiger partial charge in [0, 0.05) is 0 Å². The van der Waals surface area contributed by atoms with E-state index in [1.54, 1.807) is 0 Å². The van der Waals surface area contributed by atoms with Crippen LogP contribution >= 0.6 is 0 Å². The number of quaternary nitrogens is 1. The van der Waals surface area contributed by atoms with E-state index in [-0.39, 0.29) is 23.9 Å². The highest BCUT2D eigenvalue weighted by Crippen LogP contribution is 2.57. The van der Waals surface area contributed by atoms with Crippen molar-refractivity contribution in [2.75, 3.05) is 34.3 Å². The van der Waals surface area contributed by atoms with Gasteiger partial charge in [-0.1, -0.05) is 45.4 Å². The second-order valence-electron chi connectivity index (χ2n) is 11.6. The van der Waals surface area contributed by atoms with Crippen LogP contribution < -0.4 is 0 Å². The molecule has 0 spiro atoms. The zero-order chi connectivity index (χ0) is 22.3. The lowest BCUT2D eigenvalue weighted by molar-refractivity contribution is -0.873. The molecular weight excluding hydrogens is 374 g/mol. The molecule has 2 aliphatic carbocycles. The molecular formula is C26H42NO3+. The Labute approximate surface area is 183 Å². The molecule has 4 heteroatoms. The molecule has 1 unspecified atom stereocenters. The van der Waals surface area contributed by atoms with Gasteiger partial charge in [-0.3, -0.25) is 4.79 Å². The SMILES string of the molecule is CC(C)c1ccc2c(c1)CC[C@H]1[C@](C)(C(=O)OCC(O)C[N+](C)(C)C)CCC[C@]21C. The predicted molar refractivity (Wildman–Crippen MR) is 122 cm³/mol. The zero-order valence-corrected chi connectivity index (χ0v) is 20.1. The maximum absolute atomic E-state index is 13.3. The molecule has 2 aliphatic rings. The number of fused-ring (bicyclic) bond motifs is 3. The second kappa shape index (κ2) is 8.27. The highest BCUT2D eigenvalue weighted by Gasteiger charge is 2.55. The number of hydrogen-bond donors (Lipinski definition) is 1. The molecule has 4 atom stereocenters. The van der Waals surface area contributed by atoms with Gasteiger partial charge in [-0.15, -0.1) is 0 Å². The lowest BCUT2D eigenvalue weighted by atomic mass is 9.49. The molecule has 1 aromatic rings. The summed E-state index contributed by atoms with van der Waals surface area (Å²) in [5.74, 6) is 0.686. The third kappa shape index (κ3) is 4.45. The molecule has 0 saturated heterocycles. The van der Waals surface area contributed by atoms with Crippen molar-refractivity contribution in [3.63, 3.8) is 0 Å². The van der Waals surface area contributed by atoms with Gasteiger partial charge in [0.1, 0.15) is 19.3 Å². The highest BCUT2D eigenvalue weighted by molar-refractivity contribution is 5.77. The Balaban J connectivity index is 1.80. The summed E-state index contributed by atoms with van der Waals surface area (Å²) < 4.78 is 6.37. The average Bonchev–Trinajstić information content (AvgIpc) is 2.64. The number of aliphatic hydroxyl groups is 1. The molecule has 3 rings (SSSR count). The van der Waals surface area contributed by atoms with E-state index in [0.29, 0.717) is 16.9 Å². The minimum absolute atomic E-state index is 0.00995. The number of aryl methyl sites for hydroxylation is 1. The standard InChI is InChI=1S/C26H42NO3/c1-18(2)19-9-11-22-20(15-19)10-12-23-25(22,3)13-8-14-26(23,4)24(29)30-17-21(28)16-27(5,6)7/h9,11,15,18,21,23,28H,8,10,12-14,16-17H2,1-7H3/q+1/t21?,23-,25-,26-/m1/s1. The number of carbonyl (C=O) groups is 1. The first-order valence-corrected chi connectivity index (χ1v) is 11.7. The van der Waals surface area contributed by atoms with Crippen LogP contribution in [-0.2, 0) is 21.4 Å². The van der Waals surface area contributed by atoms with Crippen molar-refractivity contribution in [2.24, 2.45) is 11.3 Å². The molecule has 0 bridgehead atoms. The summed E-state index contributed by atoms with van der Waals surface area (Å²) in [6.45, 7) is 9.61. The molecule has 1 fully saturated rings. The largest absolute Gasteiger partial charge is 0.462 e. The number of esters is 1. The van der Waals surface area contributed by atoms with E-state index in [1.165, 1.54) is 16.7 Å². The topological polar surface area (TPSA) is 46.5 Å². The molecule has 0 heterocycles. The van der Waals surface area contributed by atoms with Crippen LogP contribution in [0.15, 0.2) is 18.2 Å². The Hall–Kier alpha value is -1.39. The first-order valence-electron chi connectivity index (χ1n) is 11.7. The summed E-state index contributed by atoms with van der Waals surface area (Å²) in [5, 5.41) is 10.3. The minimum Gasteiger partial charge on any atom is -0.462 e. The fraction of sp³-hybridized carbons (Fsp3) is 0.731. The fourth-order valence-corrected chi connectivity index (χ4v) is 6.14. The maximum Gasteiger partial charge on any atom is 0.312 e. The monoisotopic (exact) mass is 416 g/mol. The van der Waals surface area contributed by atoms with Gasteiger partial charge in [-0.25, -0.2) is 0 Å². The molecule has 0 amide bonds. The lowest BCUT2D eigenvalue weighted by Crippen LogP contribution is -2.53. The Morgan fingerprint density at radius 1 is 1.23 bits per heavy atom. The summed E-state index contributed by atoms with van der Waals surface area (Å²) in [7, 11) is 6.09. The predicted octanol–water partition coefficient (Wildman–Crippen LogP) is 4.43. The molecule has 4 nitrogen and oxygen atoms in total. The number of benzene rings is 1. The number of likely N-dealkylation sites (N-methyl/N-ethyl adjacent to an activating group) is 1. The van der Waals surface area contributed by atoms with Crippen LogP contribution in [0.4, 0.5) is 0 Å². The van der Waals surface area contributed by atoms with E-state index in [2.05, 4.69) is 45.9 Å². The van der Waals surface area contributed by atoms with Gasteiger partial charge in [-0.2, -0.15) is 0 Å². The third-order valence-electron chi connectivity index (χ3n) is 7.68. The van der Waals surface area contributed by atoms with E-state index in [9.17, 15) is 9.90 Å². The summed E-state index contributed by atoms with van der Waals surface area (Å²) >= 11 is 0. The molecule has 1 aromatic carbocycles. The van der Waals surface area contributed by atoms with Crippen molar-refractivity contribution < 1.29 is 19.1 Å². The smallest absolute Gasteiger partial charge is 0.312 e. The highest BCUT2D eigenvalue weighted by atomic mass is 16.5. The third-order valence-corrected chi connectivity index (χ3v) is 7.68. The van der Waals surface area contributed by atoms with Crippen molar-refractivity contribution >= 4 is 5.97 Å². The number of hydrogen-bond acceptors (Lipinski definition) is 3. The van der Waals surface area contributed by atoms with Crippen LogP contribution in [0.3, 0.4) is 0 Å². The number of nitrogens with zero attached hydrogens (tertiary/aromatic N) is 1. The van der Waals surface area contributed by atoms with Crippen molar-refractivity contribution in [3.8, 4) is 0 Å². The maximum atomic E-state index is 13.3. The van der Waals surface area contributed by atoms with Crippen LogP contribution in [0.5, 0.6) is 0 Å². The number of carbonyl (C=O) groups excluding carboxylic acids is 1. The molecule has 0 radical (unpaired) electrons. The Bertz CT molecular complexity index is 781. The summed E-state index contributed by atoms with van der Waals surface area (Å²) in [5.41, 5.74) is 3.83. The van der Waals surface area contributed by atoms with Crippen LogP contribution in [0, 0.1) is 11.3 Å². The molecule has 30 heavy (non-hydrogen) atoms.